The van der Waals surface area contributed by atoms with E-state index in [1.165, 1.54) is 6.92 Å². The van der Waals surface area contributed by atoms with Gasteiger partial charge in [-0.05, 0) is 52.3 Å². The van der Waals surface area contributed by atoms with Crippen LogP contribution < -0.4 is 4.90 Å². The number of esters is 2. The third kappa shape index (κ3) is 4.83. The highest BCUT2D eigenvalue weighted by atomic mass is 16.5. The highest BCUT2D eigenvalue weighted by molar-refractivity contribution is 6.02. The zero-order valence-corrected chi connectivity index (χ0v) is 18.5. The van der Waals surface area contributed by atoms with E-state index in [1.807, 2.05) is 24.3 Å². The summed E-state index contributed by atoms with van der Waals surface area (Å²) in [4.78, 5) is 40.6. The summed E-state index contributed by atoms with van der Waals surface area (Å²) in [7, 11) is 0. The highest BCUT2D eigenvalue weighted by Crippen LogP contribution is 2.47. The lowest BCUT2D eigenvalue weighted by atomic mass is 9.61. The molecular weight excluding hydrogens is 386 g/mol. The molecule has 1 saturated carbocycles. The van der Waals surface area contributed by atoms with Gasteiger partial charge in [0.1, 0.15) is 5.92 Å². The van der Waals surface area contributed by atoms with Gasteiger partial charge in [0.05, 0.1) is 24.7 Å². The Labute approximate surface area is 178 Å². The number of ether oxygens (including phenoxy) is 2. The molecule has 1 N–H and O–H groups in total. The predicted molar refractivity (Wildman–Crippen MR) is 113 cm³/mol. The van der Waals surface area contributed by atoms with Crippen molar-refractivity contribution in [3.05, 3.63) is 29.8 Å². The van der Waals surface area contributed by atoms with Crippen molar-refractivity contribution in [3.8, 4) is 0 Å². The first-order valence-corrected chi connectivity index (χ1v) is 10.6. The second-order valence-corrected chi connectivity index (χ2v) is 7.75. The molecule has 30 heavy (non-hydrogen) atoms. The molecule has 0 saturated heterocycles. The van der Waals surface area contributed by atoms with E-state index in [9.17, 15) is 19.5 Å². The van der Waals surface area contributed by atoms with E-state index in [4.69, 9.17) is 9.47 Å². The van der Waals surface area contributed by atoms with E-state index in [2.05, 4.69) is 18.7 Å². The quantitative estimate of drug-likeness (QED) is 0.511. The number of carbonyl (C=O) groups excluding carboxylic acids is 3. The molecule has 1 aromatic rings. The molecule has 7 heteroatoms. The first-order chi connectivity index (χ1) is 14.2. The number of hydrogen-bond acceptors (Lipinski definition) is 7. The van der Waals surface area contributed by atoms with Gasteiger partial charge < -0.3 is 19.5 Å². The lowest BCUT2D eigenvalue weighted by molar-refractivity contribution is -0.172. The maximum absolute atomic E-state index is 12.9. The van der Waals surface area contributed by atoms with Crippen LogP contribution in [0.25, 0.3) is 0 Å². The summed E-state index contributed by atoms with van der Waals surface area (Å²) in [6.07, 6.45) is -0.312. The minimum atomic E-state index is -1.63. The molecule has 1 fully saturated rings. The topological polar surface area (TPSA) is 93.1 Å². The van der Waals surface area contributed by atoms with Crippen LogP contribution in [0.5, 0.6) is 0 Å². The van der Waals surface area contributed by atoms with Gasteiger partial charge in [-0.3, -0.25) is 14.4 Å². The molecule has 4 atom stereocenters. The molecule has 1 aliphatic carbocycles. The van der Waals surface area contributed by atoms with Gasteiger partial charge in [0.2, 0.25) is 0 Å². The second-order valence-electron chi connectivity index (χ2n) is 7.75. The highest BCUT2D eigenvalue weighted by Gasteiger charge is 2.57. The molecule has 1 aliphatic rings. The third-order valence-corrected chi connectivity index (χ3v) is 5.75. The molecule has 0 aromatic heterocycles. The Balaban J connectivity index is 2.57. The van der Waals surface area contributed by atoms with Crippen molar-refractivity contribution in [2.75, 3.05) is 31.2 Å². The van der Waals surface area contributed by atoms with E-state index < -0.39 is 41.1 Å². The molecule has 0 spiro atoms. The largest absolute Gasteiger partial charge is 0.466 e. The standard InChI is InChI=1S/C23H33NO6/c1-6-24(7-2)16-12-10-15(11-13-16)18-19(21(26)29-8-3)17(25)14-23(5,28)20(18)22(27)30-9-4/h10-13,18-20,28H,6-9,14H2,1-5H3/t18-,19+,20-,23-/m0/s1. The average molecular weight is 420 g/mol. The second kappa shape index (κ2) is 10.1. The number of nitrogens with zero attached hydrogens (tertiary/aromatic N) is 1. The van der Waals surface area contributed by atoms with Crippen molar-refractivity contribution in [2.45, 2.75) is 52.6 Å². The normalized spacial score (nSPS) is 26.2. The summed E-state index contributed by atoms with van der Waals surface area (Å²) >= 11 is 0. The fourth-order valence-electron chi connectivity index (χ4n) is 4.38. The fraction of sp³-hybridized carbons (Fsp3) is 0.609. The van der Waals surface area contributed by atoms with Crippen LogP contribution in [0.3, 0.4) is 0 Å². The summed E-state index contributed by atoms with van der Waals surface area (Å²) in [5, 5.41) is 11.0. The monoisotopic (exact) mass is 419 g/mol. The number of benzene rings is 1. The molecule has 0 amide bonds. The van der Waals surface area contributed by atoms with E-state index in [0.717, 1.165) is 18.8 Å². The Kier molecular flexibility index (Phi) is 8.01. The molecule has 0 unspecified atom stereocenters. The lowest BCUT2D eigenvalue weighted by Gasteiger charge is -2.43. The molecule has 0 aliphatic heterocycles. The van der Waals surface area contributed by atoms with Gasteiger partial charge in [-0.1, -0.05) is 12.1 Å². The Hall–Kier alpha value is -2.41. The summed E-state index contributed by atoms with van der Waals surface area (Å²) < 4.78 is 10.4. The number of aliphatic hydroxyl groups is 1. The first-order valence-electron chi connectivity index (χ1n) is 10.6. The number of anilines is 1. The smallest absolute Gasteiger partial charge is 0.317 e. The first kappa shape index (κ1) is 23.9. The van der Waals surface area contributed by atoms with E-state index >= 15 is 0 Å². The number of ketones is 1. The van der Waals surface area contributed by atoms with Gasteiger partial charge in [-0.25, -0.2) is 0 Å². The fourth-order valence-corrected chi connectivity index (χ4v) is 4.38. The van der Waals surface area contributed by atoms with Crippen molar-refractivity contribution in [3.63, 3.8) is 0 Å². The van der Waals surface area contributed by atoms with Gasteiger partial charge in [0.15, 0.2) is 5.78 Å². The van der Waals surface area contributed by atoms with Crippen LogP contribution in [0.1, 0.15) is 52.5 Å². The Morgan fingerprint density at radius 3 is 2.07 bits per heavy atom. The predicted octanol–water partition coefficient (Wildman–Crippen LogP) is 2.70. The van der Waals surface area contributed by atoms with Crippen LogP contribution in [0.2, 0.25) is 0 Å². The average Bonchev–Trinajstić information content (AvgIpc) is 2.68. The van der Waals surface area contributed by atoms with E-state index in [1.54, 1.807) is 13.8 Å². The number of carbonyl (C=O) groups is 3. The van der Waals surface area contributed by atoms with Gasteiger partial charge in [0.25, 0.3) is 0 Å². The molecule has 0 heterocycles. The van der Waals surface area contributed by atoms with Gasteiger partial charge in [0, 0.05) is 31.1 Å². The van der Waals surface area contributed by atoms with Crippen LogP contribution in [0.15, 0.2) is 24.3 Å². The summed E-state index contributed by atoms with van der Waals surface area (Å²) in [5.74, 6) is -4.84. The molecule has 7 nitrogen and oxygen atoms in total. The Morgan fingerprint density at radius 2 is 1.57 bits per heavy atom. The molecule has 1 aromatic carbocycles. The molecule has 0 radical (unpaired) electrons. The zero-order valence-electron chi connectivity index (χ0n) is 18.5. The van der Waals surface area contributed by atoms with E-state index in [0.29, 0.717) is 5.56 Å². The van der Waals surface area contributed by atoms with Crippen molar-refractivity contribution >= 4 is 23.4 Å². The van der Waals surface area contributed by atoms with Gasteiger partial charge >= 0.3 is 11.9 Å². The summed E-state index contributed by atoms with van der Waals surface area (Å²) in [6, 6.07) is 7.43. The SMILES string of the molecule is CCOC(=O)[C@@H]1C(=O)C[C@](C)(O)[C@H](C(=O)OCC)[C@H]1c1ccc(N(CC)CC)cc1. The lowest BCUT2D eigenvalue weighted by Crippen LogP contribution is -2.55. The zero-order chi connectivity index (χ0) is 22.5. The Morgan fingerprint density at radius 1 is 1.03 bits per heavy atom. The summed E-state index contributed by atoms with van der Waals surface area (Å²) in [6.45, 7) is 10.8. The van der Waals surface area contributed by atoms with Crippen molar-refractivity contribution < 1.29 is 29.0 Å². The minimum Gasteiger partial charge on any atom is -0.466 e. The van der Waals surface area contributed by atoms with Gasteiger partial charge in [-0.2, -0.15) is 0 Å². The minimum absolute atomic E-state index is 0.122. The van der Waals surface area contributed by atoms with Crippen molar-refractivity contribution in [2.24, 2.45) is 11.8 Å². The third-order valence-electron chi connectivity index (χ3n) is 5.75. The Bertz CT molecular complexity index is 753. The van der Waals surface area contributed by atoms with E-state index in [-0.39, 0.29) is 19.6 Å². The maximum atomic E-state index is 12.9. The summed E-state index contributed by atoms with van der Waals surface area (Å²) in [5.41, 5.74) is -0.0116. The van der Waals surface area contributed by atoms with Crippen LogP contribution in [0, 0.1) is 11.8 Å². The molecular formula is C23H33NO6. The van der Waals surface area contributed by atoms with Crippen LogP contribution in [-0.4, -0.2) is 54.7 Å². The number of rotatable bonds is 8. The number of Topliss-reactive ketones (excluding diaryl/α,β-unsaturated/α-hetero) is 1. The molecule has 2 rings (SSSR count). The number of hydrogen-bond donors (Lipinski definition) is 1. The van der Waals surface area contributed by atoms with Crippen LogP contribution in [0.4, 0.5) is 5.69 Å². The maximum Gasteiger partial charge on any atom is 0.317 e. The van der Waals surface area contributed by atoms with Gasteiger partial charge in [-0.15, -0.1) is 0 Å². The molecule has 166 valence electrons. The van der Waals surface area contributed by atoms with Crippen molar-refractivity contribution in [1.29, 1.82) is 0 Å². The van der Waals surface area contributed by atoms with Crippen LogP contribution >= 0.6 is 0 Å². The van der Waals surface area contributed by atoms with Crippen molar-refractivity contribution in [1.82, 2.24) is 0 Å². The molecule has 0 bridgehead atoms. The van der Waals surface area contributed by atoms with Crippen LogP contribution in [-0.2, 0) is 23.9 Å².